The second-order valence-corrected chi connectivity index (χ2v) is 7.96. The van der Waals surface area contributed by atoms with Gasteiger partial charge in [0.05, 0.1) is 12.9 Å². The van der Waals surface area contributed by atoms with Crippen LogP contribution < -0.4 is 10.1 Å². The van der Waals surface area contributed by atoms with Gasteiger partial charge in [-0.1, -0.05) is 33.2 Å². The van der Waals surface area contributed by atoms with Gasteiger partial charge in [0.25, 0.3) is 0 Å². The molecule has 2 aromatic heterocycles. The summed E-state index contributed by atoms with van der Waals surface area (Å²) in [5.74, 6) is 0.764. The van der Waals surface area contributed by atoms with Gasteiger partial charge in [0.2, 0.25) is 5.91 Å². The second kappa shape index (κ2) is 8.81. The van der Waals surface area contributed by atoms with E-state index >= 15 is 0 Å². The lowest BCUT2D eigenvalue weighted by atomic mass is 9.96. The first-order chi connectivity index (χ1) is 15.0. The number of allylic oxidation sites excluding steroid dienone is 1. The first-order valence-corrected chi connectivity index (χ1v) is 10.6. The van der Waals surface area contributed by atoms with Gasteiger partial charge in [-0.3, -0.25) is 4.79 Å². The smallest absolute Gasteiger partial charge is 0.249 e. The number of furan rings is 1. The van der Waals surface area contributed by atoms with Crippen LogP contribution in [0.25, 0.3) is 27.7 Å². The van der Waals surface area contributed by atoms with Gasteiger partial charge >= 0.3 is 0 Å². The maximum absolute atomic E-state index is 12.4. The lowest BCUT2D eigenvalue weighted by molar-refractivity contribution is -0.111. The minimum atomic E-state index is -0.299. The molecule has 2 aromatic carbocycles. The van der Waals surface area contributed by atoms with Gasteiger partial charge < -0.3 is 19.0 Å². The Morgan fingerprint density at radius 1 is 1.26 bits per heavy atom. The van der Waals surface area contributed by atoms with Crippen LogP contribution in [0.2, 0.25) is 0 Å². The molecule has 0 aliphatic rings. The Hall–Kier alpha value is -3.32. The lowest BCUT2D eigenvalue weighted by Crippen LogP contribution is -2.09. The molecule has 0 aliphatic heterocycles. The molecule has 0 fully saturated rings. The molecule has 1 amide bonds. The Morgan fingerprint density at radius 3 is 2.71 bits per heavy atom. The summed E-state index contributed by atoms with van der Waals surface area (Å²) in [6, 6.07) is 11.7. The molecule has 158 valence electrons. The van der Waals surface area contributed by atoms with Crippen molar-refractivity contribution in [3.05, 3.63) is 70.6 Å². The molecule has 1 N–H and O–H groups in total. The highest BCUT2D eigenvalue weighted by Crippen LogP contribution is 2.41. The number of ether oxygens (including phenoxy) is 1. The molecule has 0 unspecified atom stereocenters. The van der Waals surface area contributed by atoms with Gasteiger partial charge in [-0.05, 0) is 50.1 Å². The predicted molar refractivity (Wildman–Crippen MR) is 124 cm³/mol. The summed E-state index contributed by atoms with van der Waals surface area (Å²) in [6.45, 7) is 6.27. The number of amides is 1. The summed E-state index contributed by atoms with van der Waals surface area (Å²) in [5.41, 5.74) is 5.28. The van der Waals surface area contributed by atoms with Crippen LogP contribution in [0, 0.1) is 6.92 Å². The van der Waals surface area contributed by atoms with Gasteiger partial charge in [-0.15, -0.1) is 0 Å². The first kappa shape index (κ1) is 20.9. The van der Waals surface area contributed by atoms with Gasteiger partial charge in [-0.25, -0.2) is 0 Å². The maximum Gasteiger partial charge on any atom is 0.249 e. The van der Waals surface area contributed by atoms with Crippen molar-refractivity contribution in [3.8, 4) is 16.9 Å². The number of carbonyl (C=O) groups is 1. The highest BCUT2D eigenvalue weighted by atomic mass is 79.9. The summed E-state index contributed by atoms with van der Waals surface area (Å²) in [7, 11) is 0. The minimum absolute atomic E-state index is 0.299. The molecule has 2 heterocycles. The minimum Gasteiger partial charge on any atom is -0.493 e. The van der Waals surface area contributed by atoms with E-state index in [2.05, 4.69) is 26.4 Å². The van der Waals surface area contributed by atoms with E-state index in [4.69, 9.17) is 13.7 Å². The van der Waals surface area contributed by atoms with Crippen LogP contribution in [0.5, 0.6) is 5.75 Å². The summed E-state index contributed by atoms with van der Waals surface area (Å²) >= 11 is 3.48. The number of aryl methyl sites for hydroxylation is 1. The van der Waals surface area contributed by atoms with E-state index in [0.29, 0.717) is 18.2 Å². The second-order valence-electron chi connectivity index (χ2n) is 7.05. The van der Waals surface area contributed by atoms with Gasteiger partial charge in [0.15, 0.2) is 5.82 Å². The Bertz CT molecular complexity index is 1260. The number of benzene rings is 2. The fourth-order valence-electron chi connectivity index (χ4n) is 3.51. The van der Waals surface area contributed by atoms with Crippen LogP contribution in [0.15, 0.2) is 68.4 Å². The molecular weight excluding hydrogens is 460 g/mol. The van der Waals surface area contributed by atoms with E-state index < -0.39 is 0 Å². The van der Waals surface area contributed by atoms with Crippen molar-refractivity contribution >= 4 is 44.2 Å². The number of aromatic nitrogens is 1. The molecule has 0 atom stereocenters. The highest BCUT2D eigenvalue weighted by molar-refractivity contribution is 9.10. The van der Waals surface area contributed by atoms with Crippen LogP contribution in [0.3, 0.4) is 0 Å². The fourth-order valence-corrected chi connectivity index (χ4v) is 3.77. The standard InChI is InChI=1S/C24H21BrN2O4/c1-4-29-23-15(3)24-19(20(13-30-24)16-5-7-17(25)8-6-16)12-18(23)14(2)11-22(28)26-21-9-10-31-27-21/h5-13H,4H2,1-3H3,(H,26,27,28)/b14-11+. The van der Waals surface area contributed by atoms with Gasteiger partial charge in [0.1, 0.15) is 17.6 Å². The lowest BCUT2D eigenvalue weighted by Gasteiger charge is -2.15. The van der Waals surface area contributed by atoms with Crippen LogP contribution in [0.4, 0.5) is 5.82 Å². The molecule has 0 aliphatic carbocycles. The first-order valence-electron chi connectivity index (χ1n) is 9.81. The van der Waals surface area contributed by atoms with Gasteiger partial charge in [0, 0.05) is 38.7 Å². The van der Waals surface area contributed by atoms with E-state index in [9.17, 15) is 4.79 Å². The Kier molecular flexibility index (Phi) is 5.95. The monoisotopic (exact) mass is 480 g/mol. The number of nitrogens with one attached hydrogen (secondary N) is 1. The average molecular weight is 481 g/mol. The molecule has 0 saturated carbocycles. The third kappa shape index (κ3) is 4.27. The third-order valence-electron chi connectivity index (χ3n) is 4.95. The number of fused-ring (bicyclic) bond motifs is 1. The van der Waals surface area contributed by atoms with E-state index in [-0.39, 0.29) is 5.91 Å². The molecule has 6 nitrogen and oxygen atoms in total. The average Bonchev–Trinajstić information content (AvgIpc) is 3.40. The summed E-state index contributed by atoms with van der Waals surface area (Å²) in [5, 5.41) is 7.35. The van der Waals surface area contributed by atoms with Crippen molar-refractivity contribution in [2.45, 2.75) is 20.8 Å². The van der Waals surface area contributed by atoms with E-state index in [0.717, 1.165) is 43.3 Å². The van der Waals surface area contributed by atoms with Crippen LogP contribution in [0.1, 0.15) is 25.0 Å². The number of anilines is 1. The molecule has 4 aromatic rings. The Balaban J connectivity index is 1.81. The molecular formula is C24H21BrN2O4. The van der Waals surface area contributed by atoms with Crippen molar-refractivity contribution in [2.75, 3.05) is 11.9 Å². The number of hydrogen-bond acceptors (Lipinski definition) is 5. The number of hydrogen-bond donors (Lipinski definition) is 1. The Morgan fingerprint density at radius 2 is 2.03 bits per heavy atom. The molecule has 0 radical (unpaired) electrons. The summed E-state index contributed by atoms with van der Waals surface area (Å²) in [4.78, 5) is 12.4. The predicted octanol–water partition coefficient (Wildman–Crippen LogP) is 6.60. The van der Waals surface area contributed by atoms with Crippen LogP contribution in [-0.4, -0.2) is 17.7 Å². The zero-order valence-electron chi connectivity index (χ0n) is 17.4. The van der Waals surface area contributed by atoms with Crippen LogP contribution in [-0.2, 0) is 4.79 Å². The number of nitrogens with zero attached hydrogens (tertiary/aromatic N) is 1. The third-order valence-corrected chi connectivity index (χ3v) is 5.48. The molecule has 0 bridgehead atoms. The molecule has 7 heteroatoms. The number of halogens is 1. The van der Waals surface area contributed by atoms with E-state index in [1.165, 1.54) is 12.3 Å². The quantitative estimate of drug-likeness (QED) is 0.314. The zero-order valence-corrected chi connectivity index (χ0v) is 18.9. The largest absolute Gasteiger partial charge is 0.493 e. The normalized spacial score (nSPS) is 11.7. The summed E-state index contributed by atoms with van der Waals surface area (Å²) in [6.07, 6.45) is 4.69. The highest BCUT2D eigenvalue weighted by Gasteiger charge is 2.19. The zero-order chi connectivity index (χ0) is 22.0. The van der Waals surface area contributed by atoms with E-state index in [1.807, 2.05) is 51.1 Å². The van der Waals surface area contributed by atoms with Gasteiger partial charge in [-0.2, -0.15) is 0 Å². The molecule has 31 heavy (non-hydrogen) atoms. The van der Waals surface area contributed by atoms with Crippen molar-refractivity contribution in [3.63, 3.8) is 0 Å². The van der Waals surface area contributed by atoms with Crippen molar-refractivity contribution in [2.24, 2.45) is 0 Å². The van der Waals surface area contributed by atoms with Crippen LogP contribution >= 0.6 is 15.9 Å². The van der Waals surface area contributed by atoms with Crippen molar-refractivity contribution in [1.82, 2.24) is 5.16 Å². The number of carbonyl (C=O) groups excluding carboxylic acids is 1. The number of rotatable bonds is 6. The fraction of sp³-hybridized carbons (Fsp3) is 0.167. The summed E-state index contributed by atoms with van der Waals surface area (Å²) < 4.78 is 17.6. The molecule has 4 rings (SSSR count). The topological polar surface area (TPSA) is 77.5 Å². The maximum atomic E-state index is 12.4. The molecule has 0 saturated heterocycles. The van der Waals surface area contributed by atoms with E-state index in [1.54, 1.807) is 12.3 Å². The Labute approximate surface area is 188 Å². The SMILES string of the molecule is CCOc1c(/C(C)=C/C(=O)Nc2ccon2)cc2c(-c3ccc(Br)cc3)coc2c1C. The molecule has 0 spiro atoms. The van der Waals surface area contributed by atoms with Crippen molar-refractivity contribution < 1.29 is 18.5 Å². The van der Waals surface area contributed by atoms with Crippen molar-refractivity contribution in [1.29, 1.82) is 0 Å².